The van der Waals surface area contributed by atoms with Gasteiger partial charge in [-0.2, -0.15) is 0 Å². The van der Waals surface area contributed by atoms with E-state index in [0.717, 1.165) is 0 Å². The second kappa shape index (κ2) is 4.90. The summed E-state index contributed by atoms with van der Waals surface area (Å²) >= 11 is 0. The van der Waals surface area contributed by atoms with Crippen LogP contribution in [0.4, 0.5) is 0 Å². The van der Waals surface area contributed by atoms with Crippen molar-refractivity contribution >= 4 is 17.0 Å². The number of fused-ring (bicyclic) bond motifs is 1. The number of carboxylic acid groups (broad SMARTS) is 1. The molecule has 2 aromatic heterocycles. The van der Waals surface area contributed by atoms with Crippen LogP contribution >= 0.6 is 0 Å². The molecule has 0 aliphatic carbocycles. The number of aromatic carboxylic acids is 1. The maximum absolute atomic E-state index is 12.3. The topological polar surface area (TPSA) is 85.3 Å². The van der Waals surface area contributed by atoms with Gasteiger partial charge in [0.05, 0.1) is 23.8 Å². The molecule has 0 spiro atoms. The van der Waals surface area contributed by atoms with Crippen molar-refractivity contribution in [2.45, 2.75) is 13.5 Å². The Kier molecular flexibility index (Phi) is 3.06. The Labute approximate surface area is 119 Å². The fourth-order valence-electron chi connectivity index (χ4n) is 2.30. The highest BCUT2D eigenvalue weighted by Crippen LogP contribution is 2.15. The van der Waals surface area contributed by atoms with Crippen molar-refractivity contribution in [1.29, 1.82) is 0 Å². The van der Waals surface area contributed by atoms with Crippen molar-refractivity contribution in [3.63, 3.8) is 0 Å². The summed E-state index contributed by atoms with van der Waals surface area (Å²) in [5, 5.41) is 9.08. The van der Waals surface area contributed by atoms with Gasteiger partial charge in [-0.05, 0) is 25.1 Å². The quantitative estimate of drug-likeness (QED) is 0.795. The van der Waals surface area contributed by atoms with E-state index in [1.165, 1.54) is 10.8 Å². The lowest BCUT2D eigenvalue weighted by atomic mass is 10.2. The third-order valence-electron chi connectivity index (χ3n) is 3.28. The van der Waals surface area contributed by atoms with E-state index in [1.54, 1.807) is 19.1 Å². The van der Waals surface area contributed by atoms with Gasteiger partial charge in [-0.1, -0.05) is 12.1 Å². The molecule has 3 rings (SSSR count). The monoisotopic (exact) mass is 284 g/mol. The van der Waals surface area contributed by atoms with Crippen molar-refractivity contribution in [3.8, 4) is 0 Å². The molecule has 0 amide bonds. The first-order chi connectivity index (χ1) is 10.1. The number of hydrogen-bond acceptors (Lipinski definition) is 4. The second-order valence-corrected chi connectivity index (χ2v) is 4.66. The van der Waals surface area contributed by atoms with E-state index in [9.17, 15) is 9.59 Å². The average molecular weight is 284 g/mol. The normalized spacial score (nSPS) is 10.9. The summed E-state index contributed by atoms with van der Waals surface area (Å²) in [5.74, 6) is -1.31. The van der Waals surface area contributed by atoms with Crippen molar-refractivity contribution in [1.82, 2.24) is 9.55 Å². The smallest absolute Gasteiger partial charge is 0.372 e. The molecule has 0 saturated carbocycles. The molecule has 2 heterocycles. The molecule has 0 saturated heterocycles. The lowest BCUT2D eigenvalue weighted by Gasteiger charge is -2.10. The highest BCUT2D eigenvalue weighted by atomic mass is 16.4. The Morgan fingerprint density at radius 2 is 2.10 bits per heavy atom. The van der Waals surface area contributed by atoms with Gasteiger partial charge in [0, 0.05) is 5.56 Å². The molecule has 0 aliphatic heterocycles. The summed E-state index contributed by atoms with van der Waals surface area (Å²) in [6, 6.07) is 8.79. The summed E-state index contributed by atoms with van der Waals surface area (Å²) in [6.07, 6.45) is 1.31. The zero-order valence-electron chi connectivity index (χ0n) is 11.2. The van der Waals surface area contributed by atoms with Gasteiger partial charge >= 0.3 is 5.97 Å². The molecule has 1 aromatic carbocycles. The number of rotatable bonds is 3. The molecule has 0 unspecified atom stereocenters. The Bertz CT molecular complexity index is 892. The number of carboxylic acids is 1. The van der Waals surface area contributed by atoms with Crippen molar-refractivity contribution in [2.75, 3.05) is 0 Å². The van der Waals surface area contributed by atoms with E-state index in [2.05, 4.69) is 4.98 Å². The van der Waals surface area contributed by atoms with Gasteiger partial charge < -0.3 is 14.1 Å². The first kappa shape index (κ1) is 13.1. The largest absolute Gasteiger partial charge is 0.475 e. The van der Waals surface area contributed by atoms with Crippen LogP contribution in [0.2, 0.25) is 0 Å². The van der Waals surface area contributed by atoms with Crippen LogP contribution in [0.5, 0.6) is 0 Å². The Hall–Kier alpha value is -2.89. The Morgan fingerprint density at radius 3 is 2.86 bits per heavy atom. The maximum atomic E-state index is 12.3. The molecule has 21 heavy (non-hydrogen) atoms. The van der Waals surface area contributed by atoms with Gasteiger partial charge in [0.2, 0.25) is 5.76 Å². The number of hydrogen-bond donors (Lipinski definition) is 1. The van der Waals surface area contributed by atoms with Crippen molar-refractivity contribution in [2.24, 2.45) is 0 Å². The lowest BCUT2D eigenvalue weighted by molar-refractivity contribution is 0.0660. The first-order valence-electron chi connectivity index (χ1n) is 6.34. The van der Waals surface area contributed by atoms with Crippen LogP contribution < -0.4 is 5.56 Å². The molecular formula is C15H12N2O4. The van der Waals surface area contributed by atoms with Crippen LogP contribution in [0.1, 0.15) is 21.8 Å². The fourth-order valence-corrected chi connectivity index (χ4v) is 2.30. The van der Waals surface area contributed by atoms with Gasteiger partial charge in [-0.25, -0.2) is 9.78 Å². The van der Waals surface area contributed by atoms with E-state index in [-0.39, 0.29) is 17.9 Å². The van der Waals surface area contributed by atoms with E-state index in [0.29, 0.717) is 22.3 Å². The molecule has 0 fully saturated rings. The number of nitrogens with zero attached hydrogens (tertiary/aromatic N) is 2. The molecule has 0 radical (unpaired) electrons. The molecule has 6 heteroatoms. The molecule has 3 aromatic rings. The first-order valence-corrected chi connectivity index (χ1v) is 6.34. The second-order valence-electron chi connectivity index (χ2n) is 4.66. The average Bonchev–Trinajstić information content (AvgIpc) is 2.92. The predicted molar refractivity (Wildman–Crippen MR) is 75.5 cm³/mol. The Morgan fingerprint density at radius 1 is 1.33 bits per heavy atom. The SMILES string of the molecule is Cc1nc2ccccc2n(Cc2ccoc2C(=O)O)c1=O. The van der Waals surface area contributed by atoms with Crippen LogP contribution in [-0.2, 0) is 6.54 Å². The van der Waals surface area contributed by atoms with Crippen LogP contribution in [0, 0.1) is 6.92 Å². The van der Waals surface area contributed by atoms with Crippen LogP contribution in [-0.4, -0.2) is 20.6 Å². The zero-order chi connectivity index (χ0) is 15.0. The van der Waals surface area contributed by atoms with Gasteiger partial charge in [-0.15, -0.1) is 0 Å². The Balaban J connectivity index is 2.20. The highest BCUT2D eigenvalue weighted by molar-refractivity contribution is 5.86. The van der Waals surface area contributed by atoms with Crippen LogP contribution in [0.15, 0.2) is 45.8 Å². The third-order valence-corrected chi connectivity index (χ3v) is 3.28. The molecule has 0 bridgehead atoms. The van der Waals surface area contributed by atoms with Crippen LogP contribution in [0.3, 0.4) is 0 Å². The van der Waals surface area contributed by atoms with E-state index >= 15 is 0 Å². The van der Waals surface area contributed by atoms with E-state index in [1.807, 2.05) is 18.2 Å². The summed E-state index contributed by atoms with van der Waals surface area (Å²) in [7, 11) is 0. The third kappa shape index (κ3) is 2.20. The summed E-state index contributed by atoms with van der Waals surface area (Å²) < 4.78 is 6.46. The maximum Gasteiger partial charge on any atom is 0.372 e. The summed E-state index contributed by atoms with van der Waals surface area (Å²) in [5.41, 5.74) is 1.92. The zero-order valence-corrected chi connectivity index (χ0v) is 11.2. The number of para-hydroxylation sites is 2. The van der Waals surface area contributed by atoms with Gasteiger partial charge in [-0.3, -0.25) is 4.79 Å². The number of carbonyl (C=O) groups is 1. The van der Waals surface area contributed by atoms with Gasteiger partial charge in [0.25, 0.3) is 5.56 Å². The number of aromatic nitrogens is 2. The molecule has 6 nitrogen and oxygen atoms in total. The molecule has 1 N–H and O–H groups in total. The van der Waals surface area contributed by atoms with Crippen molar-refractivity contribution < 1.29 is 14.3 Å². The number of aryl methyl sites for hydroxylation is 1. The fraction of sp³-hybridized carbons (Fsp3) is 0.133. The minimum atomic E-state index is -1.15. The van der Waals surface area contributed by atoms with E-state index < -0.39 is 5.97 Å². The highest BCUT2D eigenvalue weighted by Gasteiger charge is 2.16. The molecular weight excluding hydrogens is 272 g/mol. The molecule has 0 atom stereocenters. The molecule has 0 aliphatic rings. The minimum Gasteiger partial charge on any atom is -0.475 e. The molecule has 106 valence electrons. The number of furan rings is 1. The summed E-state index contributed by atoms with van der Waals surface area (Å²) in [4.78, 5) is 27.7. The van der Waals surface area contributed by atoms with Gasteiger partial charge in [0.1, 0.15) is 5.69 Å². The van der Waals surface area contributed by atoms with Crippen LogP contribution in [0.25, 0.3) is 11.0 Å². The number of benzene rings is 1. The van der Waals surface area contributed by atoms with E-state index in [4.69, 9.17) is 9.52 Å². The minimum absolute atomic E-state index is 0.126. The standard InChI is InChI=1S/C15H12N2O4/c1-9-14(18)17(12-5-3-2-4-11(12)16-9)8-10-6-7-21-13(10)15(19)20/h2-7H,8H2,1H3,(H,19,20). The van der Waals surface area contributed by atoms with Gasteiger partial charge in [0.15, 0.2) is 0 Å². The van der Waals surface area contributed by atoms with Crippen molar-refractivity contribution in [3.05, 3.63) is 64.0 Å². The lowest BCUT2D eigenvalue weighted by Crippen LogP contribution is -2.25. The summed E-state index contributed by atoms with van der Waals surface area (Å²) in [6.45, 7) is 1.76. The predicted octanol–water partition coefficient (Wildman–Crippen LogP) is 2.04.